The van der Waals surface area contributed by atoms with Crippen LogP contribution in [0, 0.1) is 25.7 Å². The molecule has 2 heterocycles. The third kappa shape index (κ3) is 4.26. The number of aliphatic carboxylic acids is 1. The van der Waals surface area contributed by atoms with Gasteiger partial charge in [0.1, 0.15) is 0 Å². The number of rotatable bonds is 5. The topological polar surface area (TPSA) is 66.8 Å². The SMILES string of the molecule is Cc1ccc(CCC(=O)N2CCC([C@@H]3OCCC3C(=O)O)CC2)c(C)c1. The number of amides is 1. The quantitative estimate of drug-likeness (QED) is 0.878. The second-order valence-electron chi connectivity index (χ2n) is 7.72. The number of piperidine rings is 1. The molecule has 5 heteroatoms. The van der Waals surface area contributed by atoms with Crippen LogP contribution in [0.5, 0.6) is 0 Å². The molecule has 1 aromatic carbocycles. The van der Waals surface area contributed by atoms with E-state index in [9.17, 15) is 14.7 Å². The minimum absolute atomic E-state index is 0.181. The van der Waals surface area contributed by atoms with Crippen LogP contribution in [0.15, 0.2) is 18.2 Å². The summed E-state index contributed by atoms with van der Waals surface area (Å²) < 4.78 is 5.71. The van der Waals surface area contributed by atoms with E-state index in [1.54, 1.807) is 0 Å². The Kier molecular flexibility index (Phi) is 5.97. The second kappa shape index (κ2) is 8.21. The molecule has 1 N–H and O–H groups in total. The third-order valence-corrected chi connectivity index (χ3v) is 5.92. The van der Waals surface area contributed by atoms with Gasteiger partial charge in [-0.05, 0) is 56.6 Å². The number of nitrogens with zero attached hydrogens (tertiary/aromatic N) is 1. The van der Waals surface area contributed by atoms with Crippen molar-refractivity contribution in [2.75, 3.05) is 19.7 Å². The molecule has 0 bridgehead atoms. The average molecular weight is 359 g/mol. The molecule has 0 aliphatic carbocycles. The molecule has 0 aromatic heterocycles. The zero-order valence-corrected chi connectivity index (χ0v) is 15.7. The highest BCUT2D eigenvalue weighted by Crippen LogP contribution is 2.33. The molecule has 142 valence electrons. The Hall–Kier alpha value is -1.88. The van der Waals surface area contributed by atoms with Crippen LogP contribution < -0.4 is 0 Å². The first kappa shape index (κ1) is 18.9. The zero-order valence-electron chi connectivity index (χ0n) is 15.7. The summed E-state index contributed by atoms with van der Waals surface area (Å²) in [4.78, 5) is 25.8. The zero-order chi connectivity index (χ0) is 18.7. The highest BCUT2D eigenvalue weighted by molar-refractivity contribution is 5.76. The third-order valence-electron chi connectivity index (χ3n) is 5.92. The van der Waals surface area contributed by atoms with Gasteiger partial charge in [0.05, 0.1) is 12.0 Å². The van der Waals surface area contributed by atoms with Gasteiger partial charge >= 0.3 is 5.97 Å². The maximum atomic E-state index is 12.6. The number of ether oxygens (including phenoxy) is 1. The van der Waals surface area contributed by atoms with Crippen LogP contribution in [-0.4, -0.2) is 47.7 Å². The van der Waals surface area contributed by atoms with Crippen molar-refractivity contribution in [3.05, 3.63) is 34.9 Å². The van der Waals surface area contributed by atoms with E-state index < -0.39 is 5.97 Å². The normalized spacial score (nSPS) is 24.0. The number of likely N-dealkylation sites (tertiary alicyclic amines) is 1. The maximum absolute atomic E-state index is 12.6. The molecular weight excluding hydrogens is 330 g/mol. The van der Waals surface area contributed by atoms with Gasteiger partial charge in [0.25, 0.3) is 0 Å². The molecule has 1 aromatic rings. The first-order chi connectivity index (χ1) is 12.5. The summed E-state index contributed by atoms with van der Waals surface area (Å²) in [5, 5.41) is 9.33. The van der Waals surface area contributed by atoms with E-state index in [1.807, 2.05) is 4.90 Å². The number of hydrogen-bond donors (Lipinski definition) is 1. The van der Waals surface area contributed by atoms with Gasteiger partial charge < -0.3 is 14.7 Å². The molecule has 2 saturated heterocycles. The van der Waals surface area contributed by atoms with Crippen LogP contribution in [0.1, 0.15) is 42.4 Å². The molecule has 1 unspecified atom stereocenters. The van der Waals surface area contributed by atoms with Gasteiger partial charge in [-0.15, -0.1) is 0 Å². The van der Waals surface area contributed by atoms with Gasteiger partial charge in [0, 0.05) is 26.1 Å². The minimum atomic E-state index is -0.750. The maximum Gasteiger partial charge on any atom is 0.309 e. The van der Waals surface area contributed by atoms with E-state index in [0.717, 1.165) is 19.3 Å². The molecule has 0 spiro atoms. The number of hydrogen-bond acceptors (Lipinski definition) is 3. The highest BCUT2D eigenvalue weighted by Gasteiger charge is 2.40. The van der Waals surface area contributed by atoms with Crippen molar-refractivity contribution in [2.24, 2.45) is 11.8 Å². The van der Waals surface area contributed by atoms with Crippen molar-refractivity contribution >= 4 is 11.9 Å². The van der Waals surface area contributed by atoms with Gasteiger partial charge in [-0.2, -0.15) is 0 Å². The van der Waals surface area contributed by atoms with Crippen LogP contribution in [0.2, 0.25) is 0 Å². The summed E-state index contributed by atoms with van der Waals surface area (Å²) in [6.07, 6.45) is 3.41. The summed E-state index contributed by atoms with van der Waals surface area (Å²) in [5.74, 6) is -0.682. The molecule has 2 fully saturated rings. The Balaban J connectivity index is 1.48. The molecule has 2 atom stereocenters. The molecule has 1 amide bonds. The average Bonchev–Trinajstić information content (AvgIpc) is 3.11. The molecule has 5 nitrogen and oxygen atoms in total. The number of carboxylic acids is 1. The molecule has 2 aliphatic rings. The number of benzene rings is 1. The first-order valence-corrected chi connectivity index (χ1v) is 9.64. The highest BCUT2D eigenvalue weighted by atomic mass is 16.5. The van der Waals surface area contributed by atoms with Crippen molar-refractivity contribution in [1.82, 2.24) is 4.90 Å². The predicted octanol–water partition coefficient (Wildman–Crippen LogP) is 2.96. The molecule has 2 aliphatic heterocycles. The lowest BCUT2D eigenvalue weighted by Crippen LogP contribution is -2.43. The largest absolute Gasteiger partial charge is 0.481 e. The second-order valence-corrected chi connectivity index (χ2v) is 7.72. The van der Waals surface area contributed by atoms with Gasteiger partial charge in [0.2, 0.25) is 5.91 Å². The summed E-state index contributed by atoms with van der Waals surface area (Å²) in [5.41, 5.74) is 3.73. The number of aryl methyl sites for hydroxylation is 3. The van der Waals surface area contributed by atoms with Crippen LogP contribution >= 0.6 is 0 Å². The number of carbonyl (C=O) groups is 2. The van der Waals surface area contributed by atoms with Crippen molar-refractivity contribution in [2.45, 2.75) is 52.1 Å². The summed E-state index contributed by atoms with van der Waals surface area (Å²) in [7, 11) is 0. The van der Waals surface area contributed by atoms with Gasteiger partial charge in [-0.1, -0.05) is 23.8 Å². The Labute approximate surface area is 155 Å². The Morgan fingerprint density at radius 1 is 1.19 bits per heavy atom. The van der Waals surface area contributed by atoms with Crippen LogP contribution in [0.3, 0.4) is 0 Å². The van der Waals surface area contributed by atoms with Crippen LogP contribution in [0.25, 0.3) is 0 Å². The Morgan fingerprint density at radius 3 is 2.58 bits per heavy atom. The van der Waals surface area contributed by atoms with Gasteiger partial charge in [0.15, 0.2) is 0 Å². The van der Waals surface area contributed by atoms with E-state index in [2.05, 4.69) is 32.0 Å². The predicted molar refractivity (Wildman–Crippen MR) is 99.0 cm³/mol. The molecule has 26 heavy (non-hydrogen) atoms. The van der Waals surface area contributed by atoms with E-state index in [-0.39, 0.29) is 23.8 Å². The van der Waals surface area contributed by atoms with E-state index >= 15 is 0 Å². The molecular formula is C21H29NO4. The van der Waals surface area contributed by atoms with Crippen molar-refractivity contribution in [3.8, 4) is 0 Å². The summed E-state index contributed by atoms with van der Waals surface area (Å²) in [6.45, 7) is 6.13. The Morgan fingerprint density at radius 2 is 1.92 bits per heavy atom. The van der Waals surface area contributed by atoms with Crippen molar-refractivity contribution in [1.29, 1.82) is 0 Å². The molecule has 3 rings (SSSR count). The monoisotopic (exact) mass is 359 g/mol. The van der Waals surface area contributed by atoms with Crippen LogP contribution in [-0.2, 0) is 20.7 Å². The van der Waals surface area contributed by atoms with E-state index in [4.69, 9.17) is 4.74 Å². The summed E-state index contributed by atoms with van der Waals surface area (Å²) >= 11 is 0. The standard InChI is InChI=1S/C21H29NO4/c1-14-3-4-16(15(2)13-14)5-6-19(23)22-10-7-17(8-11-22)20-18(21(24)25)9-12-26-20/h3-4,13,17-18,20H,5-12H2,1-2H3,(H,24,25)/t18?,20-/m0/s1. The molecule has 0 radical (unpaired) electrons. The number of carbonyl (C=O) groups excluding carboxylic acids is 1. The van der Waals surface area contributed by atoms with Crippen molar-refractivity contribution < 1.29 is 19.4 Å². The number of carboxylic acid groups (broad SMARTS) is 1. The fourth-order valence-electron chi connectivity index (χ4n) is 4.34. The summed E-state index contributed by atoms with van der Waals surface area (Å²) in [6, 6.07) is 6.37. The molecule has 0 saturated carbocycles. The Bertz CT molecular complexity index is 664. The van der Waals surface area contributed by atoms with E-state index in [0.29, 0.717) is 32.5 Å². The van der Waals surface area contributed by atoms with Gasteiger partial charge in [-0.3, -0.25) is 9.59 Å². The fraction of sp³-hybridized carbons (Fsp3) is 0.619. The lowest BCUT2D eigenvalue weighted by Gasteiger charge is -2.35. The smallest absolute Gasteiger partial charge is 0.309 e. The van der Waals surface area contributed by atoms with Crippen LogP contribution in [0.4, 0.5) is 0 Å². The lowest BCUT2D eigenvalue weighted by atomic mass is 9.84. The first-order valence-electron chi connectivity index (χ1n) is 9.64. The fourth-order valence-corrected chi connectivity index (χ4v) is 4.34. The van der Waals surface area contributed by atoms with Crippen molar-refractivity contribution in [3.63, 3.8) is 0 Å². The van der Waals surface area contributed by atoms with Gasteiger partial charge in [-0.25, -0.2) is 0 Å². The minimum Gasteiger partial charge on any atom is -0.481 e. The lowest BCUT2D eigenvalue weighted by molar-refractivity contribution is -0.146. The van der Waals surface area contributed by atoms with E-state index in [1.165, 1.54) is 16.7 Å².